The molecule has 0 atom stereocenters. The first-order valence-electron chi connectivity index (χ1n) is 6.46. The fourth-order valence-electron chi connectivity index (χ4n) is 1.58. The van der Waals surface area contributed by atoms with Crippen molar-refractivity contribution >= 4 is 18.0 Å². The standard InChI is InChI=1S/C15H15N3O4/c1-21-12-6-4-11(5-7-12)15(20)16-10-14(19)18-17-9-13-3-2-8-22-13/h2-9H,10H2,1H3,(H,16,20)(H,18,19)/b17-9+. The van der Waals surface area contributed by atoms with Gasteiger partial charge in [0, 0.05) is 5.56 Å². The minimum absolute atomic E-state index is 0.180. The molecule has 0 aliphatic rings. The fraction of sp³-hybridized carbons (Fsp3) is 0.133. The van der Waals surface area contributed by atoms with Gasteiger partial charge in [-0.2, -0.15) is 5.10 Å². The molecule has 2 amide bonds. The Morgan fingerprint density at radius 1 is 1.27 bits per heavy atom. The molecule has 0 radical (unpaired) electrons. The van der Waals surface area contributed by atoms with Gasteiger partial charge in [-0.05, 0) is 36.4 Å². The summed E-state index contributed by atoms with van der Waals surface area (Å²) >= 11 is 0. The number of hydrogen-bond donors (Lipinski definition) is 2. The smallest absolute Gasteiger partial charge is 0.259 e. The predicted octanol–water partition coefficient (Wildman–Crippen LogP) is 1.17. The van der Waals surface area contributed by atoms with E-state index < -0.39 is 5.91 Å². The van der Waals surface area contributed by atoms with E-state index in [9.17, 15) is 9.59 Å². The molecule has 1 aromatic carbocycles. The minimum Gasteiger partial charge on any atom is -0.497 e. The van der Waals surface area contributed by atoms with Crippen molar-refractivity contribution in [2.24, 2.45) is 5.10 Å². The van der Waals surface area contributed by atoms with Crippen LogP contribution in [0.4, 0.5) is 0 Å². The summed E-state index contributed by atoms with van der Waals surface area (Å²) in [5.41, 5.74) is 2.72. The second kappa shape index (κ2) is 7.63. The molecule has 0 unspecified atom stereocenters. The molecule has 0 fully saturated rings. The first-order chi connectivity index (χ1) is 10.7. The molecule has 2 rings (SSSR count). The Bertz CT molecular complexity index is 648. The zero-order chi connectivity index (χ0) is 15.8. The van der Waals surface area contributed by atoms with E-state index >= 15 is 0 Å². The number of carbonyl (C=O) groups is 2. The lowest BCUT2D eigenvalue weighted by atomic mass is 10.2. The number of hydrogen-bond acceptors (Lipinski definition) is 5. The van der Waals surface area contributed by atoms with Crippen LogP contribution < -0.4 is 15.5 Å². The maximum atomic E-state index is 11.8. The van der Waals surface area contributed by atoms with Gasteiger partial charge in [0.15, 0.2) is 0 Å². The highest BCUT2D eigenvalue weighted by molar-refractivity contribution is 5.96. The number of amides is 2. The summed E-state index contributed by atoms with van der Waals surface area (Å²) in [4.78, 5) is 23.3. The van der Waals surface area contributed by atoms with Gasteiger partial charge < -0.3 is 14.5 Å². The Morgan fingerprint density at radius 3 is 2.68 bits per heavy atom. The average molecular weight is 301 g/mol. The third-order valence-electron chi connectivity index (χ3n) is 2.69. The summed E-state index contributed by atoms with van der Waals surface area (Å²) in [7, 11) is 1.54. The van der Waals surface area contributed by atoms with Crippen LogP contribution in [0, 0.1) is 0 Å². The Balaban J connectivity index is 1.76. The lowest BCUT2D eigenvalue weighted by Gasteiger charge is -2.05. The average Bonchev–Trinajstić information content (AvgIpc) is 3.06. The van der Waals surface area contributed by atoms with Crippen molar-refractivity contribution in [3.05, 3.63) is 54.0 Å². The number of nitrogens with zero attached hydrogens (tertiary/aromatic N) is 1. The summed E-state index contributed by atoms with van der Waals surface area (Å²) in [5, 5.41) is 6.19. The second-order valence-electron chi connectivity index (χ2n) is 4.22. The molecule has 0 bridgehead atoms. The lowest BCUT2D eigenvalue weighted by Crippen LogP contribution is -2.34. The van der Waals surface area contributed by atoms with E-state index in [1.165, 1.54) is 12.5 Å². The van der Waals surface area contributed by atoms with Crippen LogP contribution in [0.1, 0.15) is 16.1 Å². The van der Waals surface area contributed by atoms with Crippen molar-refractivity contribution in [3.63, 3.8) is 0 Å². The summed E-state index contributed by atoms with van der Waals surface area (Å²) in [6.07, 6.45) is 2.86. The monoisotopic (exact) mass is 301 g/mol. The molecule has 7 heteroatoms. The second-order valence-corrected chi connectivity index (χ2v) is 4.22. The van der Waals surface area contributed by atoms with Gasteiger partial charge in [0.1, 0.15) is 11.5 Å². The maximum absolute atomic E-state index is 11.8. The molecule has 0 spiro atoms. The molecule has 0 saturated heterocycles. The molecule has 2 aromatic rings. The van der Waals surface area contributed by atoms with Crippen LogP contribution in [0.15, 0.2) is 52.2 Å². The Kier molecular flexibility index (Phi) is 5.31. The summed E-state index contributed by atoms with van der Waals surface area (Å²) < 4.78 is 10.0. The number of ether oxygens (including phenoxy) is 1. The molecule has 0 aliphatic carbocycles. The van der Waals surface area contributed by atoms with E-state index in [1.807, 2.05) is 0 Å². The van der Waals surface area contributed by atoms with Gasteiger partial charge in [-0.1, -0.05) is 0 Å². The summed E-state index contributed by atoms with van der Waals surface area (Å²) in [6, 6.07) is 9.97. The van der Waals surface area contributed by atoms with Gasteiger partial charge in [0.05, 0.1) is 26.1 Å². The maximum Gasteiger partial charge on any atom is 0.259 e. The minimum atomic E-state index is -0.440. The number of hydrazone groups is 1. The lowest BCUT2D eigenvalue weighted by molar-refractivity contribution is -0.120. The zero-order valence-electron chi connectivity index (χ0n) is 11.9. The van der Waals surface area contributed by atoms with E-state index in [2.05, 4.69) is 15.8 Å². The fourth-order valence-corrected chi connectivity index (χ4v) is 1.58. The van der Waals surface area contributed by atoms with E-state index in [1.54, 1.807) is 43.5 Å². The number of nitrogens with one attached hydrogen (secondary N) is 2. The molecule has 0 aliphatic heterocycles. The highest BCUT2D eigenvalue weighted by atomic mass is 16.5. The molecule has 114 valence electrons. The molecule has 0 saturated carbocycles. The SMILES string of the molecule is COc1ccc(C(=O)NCC(=O)N/N=C/c2ccco2)cc1. The van der Waals surface area contributed by atoms with Crippen molar-refractivity contribution in [1.82, 2.24) is 10.7 Å². The van der Waals surface area contributed by atoms with Gasteiger partial charge in [-0.3, -0.25) is 9.59 Å². The zero-order valence-corrected chi connectivity index (χ0v) is 11.9. The summed E-state index contributed by atoms with van der Waals surface area (Å²) in [5.74, 6) is 0.376. The third-order valence-corrected chi connectivity index (χ3v) is 2.69. The Labute approximate surface area is 127 Å². The number of benzene rings is 1. The number of methoxy groups -OCH3 is 1. The number of rotatable bonds is 6. The molecule has 2 N–H and O–H groups in total. The first kappa shape index (κ1) is 15.3. The topological polar surface area (TPSA) is 92.9 Å². The van der Waals surface area contributed by atoms with E-state index in [-0.39, 0.29) is 12.5 Å². The van der Waals surface area contributed by atoms with Crippen LogP contribution in [0.3, 0.4) is 0 Å². The number of furan rings is 1. The van der Waals surface area contributed by atoms with E-state index in [0.29, 0.717) is 17.1 Å². The van der Waals surface area contributed by atoms with Crippen molar-refractivity contribution in [2.45, 2.75) is 0 Å². The van der Waals surface area contributed by atoms with Crippen molar-refractivity contribution in [3.8, 4) is 5.75 Å². The first-order valence-corrected chi connectivity index (χ1v) is 6.46. The van der Waals surface area contributed by atoms with E-state index in [0.717, 1.165) is 0 Å². The van der Waals surface area contributed by atoms with Crippen molar-refractivity contribution < 1.29 is 18.7 Å². The van der Waals surface area contributed by atoms with Gasteiger partial charge >= 0.3 is 0 Å². The normalized spacial score (nSPS) is 10.4. The Hall–Kier alpha value is -3.09. The molecular formula is C15H15N3O4. The van der Waals surface area contributed by atoms with Gasteiger partial charge in [0.25, 0.3) is 11.8 Å². The van der Waals surface area contributed by atoms with Crippen LogP contribution in [-0.4, -0.2) is 31.7 Å². The summed E-state index contributed by atoms with van der Waals surface area (Å²) in [6.45, 7) is -0.180. The third kappa shape index (κ3) is 4.48. The van der Waals surface area contributed by atoms with Gasteiger partial charge in [-0.15, -0.1) is 0 Å². The largest absolute Gasteiger partial charge is 0.497 e. The van der Waals surface area contributed by atoms with Crippen LogP contribution in [0.2, 0.25) is 0 Å². The van der Waals surface area contributed by atoms with Crippen molar-refractivity contribution in [1.29, 1.82) is 0 Å². The van der Waals surface area contributed by atoms with Crippen LogP contribution in [-0.2, 0) is 4.79 Å². The predicted molar refractivity (Wildman–Crippen MR) is 79.8 cm³/mol. The molecular weight excluding hydrogens is 286 g/mol. The van der Waals surface area contributed by atoms with Crippen LogP contribution in [0.25, 0.3) is 0 Å². The molecule has 7 nitrogen and oxygen atoms in total. The quantitative estimate of drug-likeness (QED) is 0.618. The highest BCUT2D eigenvalue weighted by Gasteiger charge is 2.07. The molecule has 1 aromatic heterocycles. The highest BCUT2D eigenvalue weighted by Crippen LogP contribution is 2.10. The number of carbonyl (C=O) groups excluding carboxylic acids is 2. The Morgan fingerprint density at radius 2 is 2.05 bits per heavy atom. The van der Waals surface area contributed by atoms with Gasteiger partial charge in [0.2, 0.25) is 0 Å². The van der Waals surface area contributed by atoms with Crippen LogP contribution in [0.5, 0.6) is 5.75 Å². The molecule has 1 heterocycles. The van der Waals surface area contributed by atoms with Crippen molar-refractivity contribution in [2.75, 3.05) is 13.7 Å². The van der Waals surface area contributed by atoms with Gasteiger partial charge in [-0.25, -0.2) is 5.43 Å². The van der Waals surface area contributed by atoms with E-state index in [4.69, 9.17) is 9.15 Å². The molecule has 22 heavy (non-hydrogen) atoms. The van der Waals surface area contributed by atoms with Crippen LogP contribution >= 0.6 is 0 Å².